The molecule has 1 heterocycles. The fourth-order valence-corrected chi connectivity index (χ4v) is 4.84. The largest absolute Gasteiger partial charge is 0.309 e. The Kier molecular flexibility index (Phi) is 6.25. The van der Waals surface area contributed by atoms with Gasteiger partial charge < -0.3 is 4.57 Å². The summed E-state index contributed by atoms with van der Waals surface area (Å²) < 4.78 is 2.32. The molecule has 0 unspecified atom stereocenters. The highest BCUT2D eigenvalue weighted by Crippen LogP contribution is 2.31. The lowest BCUT2D eigenvalue weighted by Gasteiger charge is -2.10. The number of fused-ring (bicyclic) bond motifs is 3. The Morgan fingerprint density at radius 2 is 1.03 bits per heavy atom. The second kappa shape index (κ2) is 10.2. The van der Waals surface area contributed by atoms with Gasteiger partial charge in [0, 0.05) is 27.7 Å². The Morgan fingerprint density at radius 1 is 0.526 bits per heavy atom. The number of amidine groups is 1. The van der Waals surface area contributed by atoms with Crippen LogP contribution in [0.25, 0.3) is 33.2 Å². The Morgan fingerprint density at radius 3 is 1.61 bits per heavy atom. The van der Waals surface area contributed by atoms with Gasteiger partial charge in [-0.15, -0.1) is 0 Å². The molecule has 0 aliphatic heterocycles. The zero-order valence-electron chi connectivity index (χ0n) is 21.3. The maximum absolute atomic E-state index is 4.97. The molecular formula is C35H27N3. The first kappa shape index (κ1) is 23.4. The molecule has 6 aromatic rings. The molecule has 3 nitrogen and oxygen atoms in total. The van der Waals surface area contributed by atoms with Crippen molar-refractivity contribution in [1.29, 1.82) is 0 Å². The van der Waals surface area contributed by atoms with E-state index in [0.717, 1.165) is 28.1 Å². The third-order valence-corrected chi connectivity index (χ3v) is 6.78. The van der Waals surface area contributed by atoms with Crippen LogP contribution in [0, 0.1) is 0 Å². The van der Waals surface area contributed by atoms with Crippen molar-refractivity contribution in [2.75, 3.05) is 0 Å². The average Bonchev–Trinajstić information content (AvgIpc) is 3.32. The molecule has 38 heavy (non-hydrogen) atoms. The van der Waals surface area contributed by atoms with Gasteiger partial charge in [0.1, 0.15) is 0 Å². The Balaban J connectivity index is 1.39. The summed E-state index contributed by atoms with van der Waals surface area (Å²) >= 11 is 0. The topological polar surface area (TPSA) is 29.6 Å². The van der Waals surface area contributed by atoms with E-state index < -0.39 is 0 Å². The van der Waals surface area contributed by atoms with Crippen LogP contribution >= 0.6 is 0 Å². The molecule has 0 bridgehead atoms. The second-order valence-corrected chi connectivity index (χ2v) is 9.23. The van der Waals surface area contributed by atoms with Crippen molar-refractivity contribution in [1.82, 2.24) is 4.57 Å². The minimum absolute atomic E-state index is 0.642. The van der Waals surface area contributed by atoms with E-state index in [9.17, 15) is 0 Å². The van der Waals surface area contributed by atoms with E-state index in [4.69, 9.17) is 9.98 Å². The normalized spacial score (nSPS) is 12.2. The third kappa shape index (κ3) is 4.46. The third-order valence-electron chi connectivity index (χ3n) is 6.78. The molecule has 0 N–H and O–H groups in total. The first-order valence-corrected chi connectivity index (χ1v) is 12.7. The SMILES string of the molecule is C=C(N=C(N=C(C)c1ccc(-n2c3ccccc3c3ccccc32)cc1)c1ccccc1)c1ccccc1. The van der Waals surface area contributed by atoms with Crippen LogP contribution < -0.4 is 0 Å². The zero-order valence-corrected chi connectivity index (χ0v) is 21.3. The number of benzene rings is 5. The highest BCUT2D eigenvalue weighted by atomic mass is 15.0. The lowest BCUT2D eigenvalue weighted by molar-refractivity contribution is 1.18. The van der Waals surface area contributed by atoms with Gasteiger partial charge in [0.2, 0.25) is 0 Å². The molecule has 0 atom stereocenters. The number of para-hydroxylation sites is 2. The summed E-state index contributed by atoms with van der Waals surface area (Å²) in [7, 11) is 0. The van der Waals surface area contributed by atoms with Gasteiger partial charge in [-0.05, 0) is 42.3 Å². The summed E-state index contributed by atoms with van der Waals surface area (Å²) in [5, 5.41) is 2.51. The van der Waals surface area contributed by atoms with E-state index in [1.54, 1.807) is 0 Å². The van der Waals surface area contributed by atoms with Crippen LogP contribution in [0.4, 0.5) is 0 Å². The quantitative estimate of drug-likeness (QED) is 0.171. The van der Waals surface area contributed by atoms with E-state index in [2.05, 4.69) is 83.9 Å². The monoisotopic (exact) mass is 489 g/mol. The van der Waals surface area contributed by atoms with Gasteiger partial charge >= 0.3 is 0 Å². The standard InChI is InChI=1S/C35H27N3/c1-25(27-13-5-3-6-14-27)36-35(29-15-7-4-8-16-29)37-26(2)28-21-23-30(24-22-28)38-33-19-11-9-17-31(33)32-18-10-12-20-34(32)38/h3-24H,1H2,2H3. The maximum Gasteiger partial charge on any atom is 0.160 e. The van der Waals surface area contributed by atoms with Crippen LogP contribution in [0.2, 0.25) is 0 Å². The molecular weight excluding hydrogens is 462 g/mol. The highest BCUT2D eigenvalue weighted by molar-refractivity contribution is 6.13. The predicted molar refractivity (Wildman–Crippen MR) is 161 cm³/mol. The van der Waals surface area contributed by atoms with Gasteiger partial charge in [0.15, 0.2) is 5.84 Å². The molecule has 0 amide bonds. The molecule has 0 aliphatic carbocycles. The Labute approximate surface area is 222 Å². The van der Waals surface area contributed by atoms with Crippen LogP contribution in [0.15, 0.2) is 150 Å². The molecule has 6 rings (SSSR count). The number of aromatic nitrogens is 1. The Hall–Kier alpha value is -5.02. The summed E-state index contributed by atoms with van der Waals surface area (Å²) in [5.41, 5.74) is 8.06. The van der Waals surface area contributed by atoms with Crippen molar-refractivity contribution in [2.24, 2.45) is 9.98 Å². The van der Waals surface area contributed by atoms with Crippen molar-refractivity contribution < 1.29 is 0 Å². The highest BCUT2D eigenvalue weighted by Gasteiger charge is 2.12. The summed E-state index contributed by atoms with van der Waals surface area (Å²) in [6.07, 6.45) is 0. The van der Waals surface area contributed by atoms with Crippen LogP contribution in [-0.2, 0) is 0 Å². The van der Waals surface area contributed by atoms with Crippen LogP contribution in [0.1, 0.15) is 23.6 Å². The van der Waals surface area contributed by atoms with Crippen LogP contribution in [0.3, 0.4) is 0 Å². The summed E-state index contributed by atoms with van der Waals surface area (Å²) in [4.78, 5) is 9.81. The summed E-state index contributed by atoms with van der Waals surface area (Å²) in [6.45, 7) is 6.23. The molecule has 0 spiro atoms. The Bertz CT molecular complexity index is 1750. The van der Waals surface area contributed by atoms with E-state index >= 15 is 0 Å². The molecule has 0 aliphatic rings. The van der Waals surface area contributed by atoms with Crippen molar-refractivity contribution in [3.05, 3.63) is 157 Å². The first-order chi connectivity index (χ1) is 18.7. The minimum Gasteiger partial charge on any atom is -0.309 e. The van der Waals surface area contributed by atoms with Gasteiger partial charge in [0.05, 0.1) is 16.7 Å². The fraction of sp³-hybridized carbons (Fsp3) is 0.0286. The number of hydrogen-bond donors (Lipinski definition) is 0. The average molecular weight is 490 g/mol. The van der Waals surface area contributed by atoms with E-state index in [1.165, 1.54) is 21.8 Å². The fourth-order valence-electron chi connectivity index (χ4n) is 4.84. The number of hydrogen-bond acceptors (Lipinski definition) is 1. The van der Waals surface area contributed by atoms with Gasteiger partial charge in [0.25, 0.3) is 0 Å². The van der Waals surface area contributed by atoms with Gasteiger partial charge in [-0.2, -0.15) is 0 Å². The molecule has 182 valence electrons. The predicted octanol–water partition coefficient (Wildman–Crippen LogP) is 8.71. The van der Waals surface area contributed by atoms with E-state index in [0.29, 0.717) is 11.5 Å². The van der Waals surface area contributed by atoms with Crippen molar-refractivity contribution in [3.8, 4) is 5.69 Å². The number of rotatable bonds is 5. The molecule has 0 radical (unpaired) electrons. The van der Waals surface area contributed by atoms with Crippen LogP contribution in [-0.4, -0.2) is 16.1 Å². The van der Waals surface area contributed by atoms with Crippen LogP contribution in [0.5, 0.6) is 0 Å². The molecule has 0 saturated heterocycles. The van der Waals surface area contributed by atoms with Crippen molar-refractivity contribution >= 4 is 39.1 Å². The van der Waals surface area contributed by atoms with E-state index in [-0.39, 0.29) is 0 Å². The van der Waals surface area contributed by atoms with E-state index in [1.807, 2.05) is 67.6 Å². The number of aliphatic imine (C=N–C) groups is 2. The van der Waals surface area contributed by atoms with Crippen molar-refractivity contribution in [2.45, 2.75) is 6.92 Å². The lowest BCUT2D eigenvalue weighted by Crippen LogP contribution is -2.04. The molecule has 0 saturated carbocycles. The van der Waals surface area contributed by atoms with Crippen molar-refractivity contribution in [3.63, 3.8) is 0 Å². The number of nitrogens with zero attached hydrogens (tertiary/aromatic N) is 3. The van der Waals surface area contributed by atoms with Gasteiger partial charge in [-0.1, -0.05) is 116 Å². The zero-order chi connectivity index (χ0) is 25.9. The summed E-state index contributed by atoms with van der Waals surface area (Å²) in [5.74, 6) is 0.642. The maximum atomic E-state index is 4.97. The smallest absolute Gasteiger partial charge is 0.160 e. The van der Waals surface area contributed by atoms with Gasteiger partial charge in [-0.3, -0.25) is 0 Å². The molecule has 3 heteroatoms. The van der Waals surface area contributed by atoms with Gasteiger partial charge in [-0.25, -0.2) is 9.98 Å². The molecule has 1 aromatic heterocycles. The molecule has 5 aromatic carbocycles. The minimum atomic E-state index is 0.642. The lowest BCUT2D eigenvalue weighted by atomic mass is 10.1. The molecule has 0 fully saturated rings. The summed E-state index contributed by atoms with van der Waals surface area (Å²) in [6, 6.07) is 45.8. The second-order valence-electron chi connectivity index (χ2n) is 9.23. The first-order valence-electron chi connectivity index (χ1n) is 12.7.